The molecule has 0 spiro atoms. The second-order valence-corrected chi connectivity index (χ2v) is 3.17. The van der Waals surface area contributed by atoms with E-state index in [4.69, 9.17) is 10.1 Å². The molecule has 72 valence electrons. The molecule has 0 unspecified atom stereocenters. The molecule has 1 N–H and O–H groups in total. The summed E-state index contributed by atoms with van der Waals surface area (Å²) in [4.78, 5) is 0. The standard InChI is InChI=1S/C6H11N5OS/c1-3-12-5(7)4-13-6-8-9-10-11(6)2/h7H,3-4H2,1-2H3. The first-order valence-electron chi connectivity index (χ1n) is 3.79. The molecule has 13 heavy (non-hydrogen) atoms. The van der Waals surface area contributed by atoms with E-state index >= 15 is 0 Å². The highest BCUT2D eigenvalue weighted by Gasteiger charge is 2.04. The minimum Gasteiger partial charge on any atom is -0.481 e. The lowest BCUT2D eigenvalue weighted by Crippen LogP contribution is -2.06. The number of tetrazole rings is 1. The van der Waals surface area contributed by atoms with E-state index in [9.17, 15) is 0 Å². The number of nitrogens with zero attached hydrogens (tertiary/aromatic N) is 4. The van der Waals surface area contributed by atoms with Crippen LogP contribution in [0.2, 0.25) is 0 Å². The molecule has 1 heterocycles. The minimum atomic E-state index is 0.246. The van der Waals surface area contributed by atoms with Gasteiger partial charge in [-0.2, -0.15) is 0 Å². The van der Waals surface area contributed by atoms with E-state index in [1.54, 1.807) is 11.7 Å². The van der Waals surface area contributed by atoms with Crippen LogP contribution in [0.4, 0.5) is 0 Å². The zero-order valence-corrected chi connectivity index (χ0v) is 8.34. The van der Waals surface area contributed by atoms with Crippen LogP contribution in [0.15, 0.2) is 5.16 Å². The molecule has 0 aliphatic carbocycles. The van der Waals surface area contributed by atoms with Crippen LogP contribution < -0.4 is 0 Å². The SMILES string of the molecule is CCOC(=N)CSc1nnnn1C. The van der Waals surface area contributed by atoms with Gasteiger partial charge in [0.25, 0.3) is 0 Å². The lowest BCUT2D eigenvalue weighted by Gasteiger charge is -2.02. The molecule has 1 aromatic heterocycles. The van der Waals surface area contributed by atoms with Crippen molar-refractivity contribution in [1.82, 2.24) is 20.2 Å². The largest absolute Gasteiger partial charge is 0.481 e. The molecule has 0 atom stereocenters. The molecule has 0 saturated carbocycles. The number of ether oxygens (including phenoxy) is 1. The van der Waals surface area contributed by atoms with Crippen molar-refractivity contribution in [2.75, 3.05) is 12.4 Å². The smallest absolute Gasteiger partial charge is 0.209 e. The molecular formula is C6H11N5OS. The Morgan fingerprint density at radius 1 is 1.69 bits per heavy atom. The molecule has 0 radical (unpaired) electrons. The second kappa shape index (κ2) is 4.80. The van der Waals surface area contributed by atoms with Crippen molar-refractivity contribution in [3.8, 4) is 0 Å². The van der Waals surface area contributed by atoms with E-state index in [2.05, 4.69) is 15.5 Å². The van der Waals surface area contributed by atoms with Gasteiger partial charge in [-0.05, 0) is 17.4 Å². The van der Waals surface area contributed by atoms with Gasteiger partial charge in [-0.1, -0.05) is 11.8 Å². The Labute approximate surface area is 80.2 Å². The van der Waals surface area contributed by atoms with Crippen LogP contribution in [0.1, 0.15) is 6.92 Å². The van der Waals surface area contributed by atoms with Crippen LogP contribution in [0.25, 0.3) is 0 Å². The van der Waals surface area contributed by atoms with Crippen molar-refractivity contribution < 1.29 is 4.74 Å². The molecule has 0 saturated heterocycles. The number of hydrogen-bond acceptors (Lipinski definition) is 6. The number of rotatable bonds is 4. The number of nitrogens with one attached hydrogen (secondary N) is 1. The van der Waals surface area contributed by atoms with E-state index in [0.717, 1.165) is 0 Å². The van der Waals surface area contributed by atoms with Crippen molar-refractivity contribution in [2.45, 2.75) is 12.1 Å². The molecule has 7 heteroatoms. The first kappa shape index (κ1) is 9.97. The van der Waals surface area contributed by atoms with Gasteiger partial charge in [-0.3, -0.25) is 5.41 Å². The Hall–Kier alpha value is -1.11. The zero-order valence-electron chi connectivity index (χ0n) is 7.52. The van der Waals surface area contributed by atoms with Crippen LogP contribution in [0.5, 0.6) is 0 Å². The van der Waals surface area contributed by atoms with Gasteiger partial charge in [0.05, 0.1) is 12.4 Å². The normalized spacial score (nSPS) is 10.0. The Morgan fingerprint density at radius 2 is 2.46 bits per heavy atom. The minimum absolute atomic E-state index is 0.246. The number of aromatic nitrogens is 4. The Morgan fingerprint density at radius 3 is 3.00 bits per heavy atom. The van der Waals surface area contributed by atoms with E-state index in [1.807, 2.05) is 6.92 Å². The molecular weight excluding hydrogens is 190 g/mol. The summed E-state index contributed by atoms with van der Waals surface area (Å²) in [6.45, 7) is 2.37. The van der Waals surface area contributed by atoms with Crippen molar-refractivity contribution in [2.24, 2.45) is 7.05 Å². The summed E-state index contributed by atoms with van der Waals surface area (Å²) >= 11 is 1.38. The number of hydrogen-bond donors (Lipinski definition) is 1. The summed E-state index contributed by atoms with van der Waals surface area (Å²) in [6.07, 6.45) is 0. The van der Waals surface area contributed by atoms with E-state index in [-0.39, 0.29) is 5.90 Å². The van der Waals surface area contributed by atoms with Gasteiger partial charge in [-0.25, -0.2) is 4.68 Å². The fourth-order valence-electron chi connectivity index (χ4n) is 0.690. The molecule has 0 aliphatic rings. The zero-order chi connectivity index (χ0) is 9.68. The topological polar surface area (TPSA) is 76.7 Å². The highest BCUT2D eigenvalue weighted by Crippen LogP contribution is 2.11. The summed E-state index contributed by atoms with van der Waals surface area (Å²) in [5.74, 6) is 0.706. The van der Waals surface area contributed by atoms with Gasteiger partial charge in [0.15, 0.2) is 5.90 Å². The lowest BCUT2D eigenvalue weighted by atomic mass is 10.7. The molecule has 1 aromatic rings. The summed E-state index contributed by atoms with van der Waals surface area (Å²) in [7, 11) is 1.76. The summed E-state index contributed by atoms with van der Waals surface area (Å²) in [5.41, 5.74) is 0. The summed E-state index contributed by atoms with van der Waals surface area (Å²) < 4.78 is 6.52. The second-order valence-electron chi connectivity index (χ2n) is 2.23. The van der Waals surface area contributed by atoms with Crippen molar-refractivity contribution in [3.05, 3.63) is 0 Å². The molecule has 0 fully saturated rings. The molecule has 0 aromatic carbocycles. The van der Waals surface area contributed by atoms with Crippen molar-refractivity contribution >= 4 is 17.7 Å². The van der Waals surface area contributed by atoms with Crippen molar-refractivity contribution in [1.29, 1.82) is 5.41 Å². The van der Waals surface area contributed by atoms with Gasteiger partial charge >= 0.3 is 0 Å². The summed E-state index contributed by atoms with van der Waals surface area (Å²) in [6, 6.07) is 0. The quantitative estimate of drug-likeness (QED) is 0.431. The van der Waals surface area contributed by atoms with Crippen LogP contribution in [0.3, 0.4) is 0 Å². The first-order chi connectivity index (χ1) is 6.24. The highest BCUT2D eigenvalue weighted by atomic mass is 32.2. The molecule has 0 bridgehead atoms. The third kappa shape index (κ3) is 3.02. The van der Waals surface area contributed by atoms with Crippen LogP contribution >= 0.6 is 11.8 Å². The third-order valence-electron chi connectivity index (χ3n) is 1.23. The van der Waals surface area contributed by atoms with E-state index < -0.39 is 0 Å². The number of thioether (sulfide) groups is 1. The maximum Gasteiger partial charge on any atom is 0.209 e. The van der Waals surface area contributed by atoms with Crippen LogP contribution in [-0.2, 0) is 11.8 Å². The molecule has 6 nitrogen and oxygen atoms in total. The fraction of sp³-hybridized carbons (Fsp3) is 0.667. The first-order valence-corrected chi connectivity index (χ1v) is 4.78. The van der Waals surface area contributed by atoms with Gasteiger partial charge in [0.1, 0.15) is 0 Å². The summed E-state index contributed by atoms with van der Waals surface area (Å²) in [5, 5.41) is 18.9. The average Bonchev–Trinajstić information content (AvgIpc) is 2.48. The highest BCUT2D eigenvalue weighted by molar-refractivity contribution is 7.99. The van der Waals surface area contributed by atoms with Gasteiger partial charge < -0.3 is 4.74 Å². The van der Waals surface area contributed by atoms with Gasteiger partial charge in [-0.15, -0.1) is 5.10 Å². The Balaban J connectivity index is 2.35. The van der Waals surface area contributed by atoms with E-state index in [1.165, 1.54) is 11.8 Å². The van der Waals surface area contributed by atoms with Crippen LogP contribution in [0, 0.1) is 5.41 Å². The lowest BCUT2D eigenvalue weighted by molar-refractivity contribution is 0.322. The Bertz CT molecular complexity index is 286. The molecule has 1 rings (SSSR count). The predicted octanol–water partition coefficient (Wildman–Crippen LogP) is 0.316. The predicted molar refractivity (Wildman–Crippen MR) is 48.9 cm³/mol. The van der Waals surface area contributed by atoms with Gasteiger partial charge in [0.2, 0.25) is 5.16 Å². The maximum absolute atomic E-state index is 7.34. The van der Waals surface area contributed by atoms with Crippen LogP contribution in [-0.4, -0.2) is 38.5 Å². The van der Waals surface area contributed by atoms with E-state index in [0.29, 0.717) is 17.5 Å². The Kier molecular flexibility index (Phi) is 3.69. The molecule has 0 amide bonds. The third-order valence-corrected chi connectivity index (χ3v) is 2.24. The maximum atomic E-state index is 7.34. The molecule has 0 aliphatic heterocycles. The average molecular weight is 201 g/mol. The number of aryl methyl sites for hydroxylation is 1. The fourth-order valence-corrected chi connectivity index (χ4v) is 1.35. The monoisotopic (exact) mass is 201 g/mol. The van der Waals surface area contributed by atoms with Crippen molar-refractivity contribution in [3.63, 3.8) is 0 Å². The van der Waals surface area contributed by atoms with Gasteiger partial charge in [0, 0.05) is 7.05 Å².